The molecule has 2 nitrogen and oxygen atoms in total. The van der Waals surface area contributed by atoms with Gasteiger partial charge in [0, 0.05) is 12.1 Å². The summed E-state index contributed by atoms with van der Waals surface area (Å²) in [5.41, 5.74) is 6.63. The summed E-state index contributed by atoms with van der Waals surface area (Å²) in [7, 11) is 0. The Kier molecular flexibility index (Phi) is 4.66. The van der Waals surface area contributed by atoms with E-state index in [1.807, 2.05) is 0 Å². The zero-order chi connectivity index (χ0) is 15.0. The van der Waals surface area contributed by atoms with Crippen molar-refractivity contribution in [3.63, 3.8) is 0 Å². The minimum Gasteiger partial charge on any atom is -0.330 e. The largest absolute Gasteiger partial charge is 0.330 e. The fraction of sp³-hybridized carbons (Fsp3) is 1.00. The third-order valence-electron chi connectivity index (χ3n) is 6.95. The van der Waals surface area contributed by atoms with Gasteiger partial charge in [0.15, 0.2) is 0 Å². The van der Waals surface area contributed by atoms with Crippen molar-refractivity contribution in [3.05, 3.63) is 0 Å². The molecular weight excluding hydrogens is 256 g/mol. The Hall–Kier alpha value is -0.0800. The molecule has 122 valence electrons. The summed E-state index contributed by atoms with van der Waals surface area (Å²) in [5, 5.41) is 0. The average molecular weight is 293 g/mol. The van der Waals surface area contributed by atoms with E-state index in [1.54, 1.807) is 0 Å². The second-order valence-corrected chi connectivity index (χ2v) is 9.08. The van der Waals surface area contributed by atoms with Crippen LogP contribution in [0.3, 0.4) is 0 Å². The molecule has 0 spiro atoms. The van der Waals surface area contributed by atoms with E-state index in [-0.39, 0.29) is 0 Å². The Labute approximate surface area is 131 Å². The molecule has 2 heteroatoms. The monoisotopic (exact) mass is 292 g/mol. The van der Waals surface area contributed by atoms with E-state index in [9.17, 15) is 0 Å². The Balaban J connectivity index is 1.76. The topological polar surface area (TPSA) is 29.3 Å². The van der Waals surface area contributed by atoms with E-state index >= 15 is 0 Å². The summed E-state index contributed by atoms with van der Waals surface area (Å²) in [6, 6.07) is 1.68. The van der Waals surface area contributed by atoms with Crippen LogP contribution in [0, 0.1) is 23.2 Å². The molecule has 0 amide bonds. The highest BCUT2D eigenvalue weighted by atomic mass is 15.2. The molecule has 1 saturated heterocycles. The molecule has 3 aliphatic rings. The van der Waals surface area contributed by atoms with E-state index in [4.69, 9.17) is 5.73 Å². The number of piperidine rings is 1. The lowest BCUT2D eigenvalue weighted by molar-refractivity contribution is -0.00787. The smallest absolute Gasteiger partial charge is 0.0141 e. The molecular formula is C19H36N2. The van der Waals surface area contributed by atoms with Gasteiger partial charge in [0.1, 0.15) is 0 Å². The quantitative estimate of drug-likeness (QED) is 0.832. The van der Waals surface area contributed by atoms with Crippen molar-refractivity contribution < 1.29 is 0 Å². The van der Waals surface area contributed by atoms with Gasteiger partial charge >= 0.3 is 0 Å². The summed E-state index contributed by atoms with van der Waals surface area (Å²) < 4.78 is 0. The molecule has 2 saturated carbocycles. The van der Waals surface area contributed by atoms with Crippen LogP contribution >= 0.6 is 0 Å². The first-order chi connectivity index (χ1) is 10.0. The minimum absolute atomic E-state index is 0.461. The molecule has 0 aromatic heterocycles. The lowest BCUT2D eigenvalue weighted by Crippen LogP contribution is -2.55. The fourth-order valence-electron chi connectivity index (χ4n) is 5.58. The second kappa shape index (κ2) is 6.20. The maximum absolute atomic E-state index is 6.17. The number of fused-ring (bicyclic) bond motifs is 1. The summed E-state index contributed by atoms with van der Waals surface area (Å²) in [4.78, 5) is 2.94. The number of hydrogen-bond acceptors (Lipinski definition) is 2. The highest BCUT2D eigenvalue weighted by Gasteiger charge is 2.43. The van der Waals surface area contributed by atoms with Gasteiger partial charge in [-0.25, -0.2) is 0 Å². The zero-order valence-electron chi connectivity index (χ0n) is 14.5. The van der Waals surface area contributed by atoms with Crippen LogP contribution in [-0.4, -0.2) is 30.1 Å². The Morgan fingerprint density at radius 1 is 0.952 bits per heavy atom. The molecule has 2 N–H and O–H groups in total. The van der Waals surface area contributed by atoms with Gasteiger partial charge in [-0.1, -0.05) is 27.2 Å². The van der Waals surface area contributed by atoms with Gasteiger partial charge in [-0.2, -0.15) is 0 Å². The van der Waals surface area contributed by atoms with Crippen molar-refractivity contribution in [2.24, 2.45) is 28.9 Å². The van der Waals surface area contributed by atoms with E-state index in [0.29, 0.717) is 5.41 Å². The number of nitrogens with two attached hydrogens (primary N) is 1. The summed E-state index contributed by atoms with van der Waals surface area (Å²) in [6.45, 7) is 9.55. The molecule has 1 aliphatic heterocycles. The van der Waals surface area contributed by atoms with Crippen LogP contribution in [0.5, 0.6) is 0 Å². The first-order valence-corrected chi connectivity index (χ1v) is 9.46. The average Bonchev–Trinajstić information content (AvgIpc) is 2.94. The lowest BCUT2D eigenvalue weighted by Gasteiger charge is -2.50. The fourth-order valence-corrected chi connectivity index (χ4v) is 5.58. The van der Waals surface area contributed by atoms with Crippen LogP contribution in [-0.2, 0) is 0 Å². The zero-order valence-corrected chi connectivity index (χ0v) is 14.5. The molecule has 21 heavy (non-hydrogen) atoms. The number of likely N-dealkylation sites (tertiary alicyclic amines) is 1. The van der Waals surface area contributed by atoms with Crippen LogP contribution in [0.1, 0.15) is 72.1 Å². The number of rotatable bonds is 2. The predicted molar refractivity (Wildman–Crippen MR) is 90.2 cm³/mol. The second-order valence-electron chi connectivity index (χ2n) is 9.08. The van der Waals surface area contributed by atoms with Crippen molar-refractivity contribution in [2.75, 3.05) is 13.1 Å². The van der Waals surface area contributed by atoms with Crippen molar-refractivity contribution in [1.82, 2.24) is 4.90 Å². The Morgan fingerprint density at radius 2 is 1.71 bits per heavy atom. The first-order valence-electron chi connectivity index (χ1n) is 9.46. The van der Waals surface area contributed by atoms with Crippen molar-refractivity contribution in [2.45, 2.75) is 84.2 Å². The molecule has 0 bridgehead atoms. The minimum atomic E-state index is 0.461. The van der Waals surface area contributed by atoms with Crippen molar-refractivity contribution in [3.8, 4) is 0 Å². The maximum Gasteiger partial charge on any atom is 0.0141 e. The third kappa shape index (κ3) is 3.17. The van der Waals surface area contributed by atoms with Crippen molar-refractivity contribution in [1.29, 1.82) is 0 Å². The molecule has 3 rings (SSSR count). The Morgan fingerprint density at radius 3 is 2.43 bits per heavy atom. The molecule has 1 heterocycles. The molecule has 2 aliphatic carbocycles. The summed E-state index contributed by atoms with van der Waals surface area (Å²) in [6.07, 6.45) is 11.5. The Bertz CT molecular complexity index is 346. The summed E-state index contributed by atoms with van der Waals surface area (Å²) in [5.74, 6) is 2.64. The molecule has 0 aromatic carbocycles. The molecule has 5 atom stereocenters. The van der Waals surface area contributed by atoms with Gasteiger partial charge in [0.05, 0.1) is 0 Å². The van der Waals surface area contributed by atoms with Gasteiger partial charge in [0.2, 0.25) is 0 Å². The van der Waals surface area contributed by atoms with E-state index < -0.39 is 0 Å². The standard InChI is InChI=1S/C19H36N2/c1-19(2,3)16-10-9-15(13-20)18(12-16)21-11-5-7-14-6-4-8-17(14)21/h14-18H,4-13,20H2,1-3H3. The highest BCUT2D eigenvalue weighted by molar-refractivity contribution is 4.97. The first kappa shape index (κ1) is 15.8. The number of nitrogens with zero attached hydrogens (tertiary/aromatic N) is 1. The van der Waals surface area contributed by atoms with E-state index in [2.05, 4.69) is 25.7 Å². The molecule has 0 radical (unpaired) electrons. The van der Waals surface area contributed by atoms with E-state index in [1.165, 1.54) is 57.9 Å². The van der Waals surface area contributed by atoms with Crippen LogP contribution < -0.4 is 5.73 Å². The van der Waals surface area contributed by atoms with Crippen LogP contribution in [0.2, 0.25) is 0 Å². The molecule has 0 aromatic rings. The number of hydrogen-bond donors (Lipinski definition) is 1. The highest BCUT2D eigenvalue weighted by Crippen LogP contribution is 2.45. The van der Waals surface area contributed by atoms with Gasteiger partial charge in [-0.05, 0) is 81.2 Å². The van der Waals surface area contributed by atoms with E-state index in [0.717, 1.165) is 36.4 Å². The summed E-state index contributed by atoms with van der Waals surface area (Å²) >= 11 is 0. The van der Waals surface area contributed by atoms with Gasteiger partial charge in [0.25, 0.3) is 0 Å². The lowest BCUT2D eigenvalue weighted by atomic mass is 9.67. The molecule has 3 fully saturated rings. The maximum atomic E-state index is 6.17. The SMILES string of the molecule is CC(C)(C)C1CCC(CN)C(N2CCCC3CCCC32)C1. The van der Waals surface area contributed by atoms with Crippen molar-refractivity contribution >= 4 is 0 Å². The predicted octanol–water partition coefficient (Wildman–Crippen LogP) is 4.04. The normalized spacial score (nSPS) is 42.0. The molecule has 5 unspecified atom stereocenters. The van der Waals surface area contributed by atoms with Gasteiger partial charge in [-0.3, -0.25) is 4.90 Å². The van der Waals surface area contributed by atoms with Crippen LogP contribution in [0.15, 0.2) is 0 Å². The van der Waals surface area contributed by atoms with Crippen LogP contribution in [0.25, 0.3) is 0 Å². The van der Waals surface area contributed by atoms with Gasteiger partial charge in [-0.15, -0.1) is 0 Å². The third-order valence-corrected chi connectivity index (χ3v) is 6.95. The van der Waals surface area contributed by atoms with Crippen LogP contribution in [0.4, 0.5) is 0 Å². The van der Waals surface area contributed by atoms with Gasteiger partial charge < -0.3 is 5.73 Å².